The number of carbonyl (C=O) groups is 2. The van der Waals surface area contributed by atoms with Gasteiger partial charge in [-0.3, -0.25) is 4.79 Å². The van der Waals surface area contributed by atoms with Crippen molar-refractivity contribution in [3.05, 3.63) is 111 Å². The quantitative estimate of drug-likeness (QED) is 0.167. The van der Waals surface area contributed by atoms with Gasteiger partial charge in [-0.2, -0.15) is 0 Å². The molecule has 182 valence electrons. The molecule has 36 heavy (non-hydrogen) atoms. The van der Waals surface area contributed by atoms with Crippen LogP contribution in [0.4, 0.5) is 18.9 Å². The molecule has 10 heteroatoms. The molecule has 5 nitrogen and oxygen atoms in total. The normalized spacial score (nSPS) is 10.7. The number of amides is 1. The average molecular weight is 531 g/mol. The number of benzene rings is 3. The molecule has 0 radical (unpaired) electrons. The molecule has 0 spiro atoms. The standard InChI is InChI=1S/C26H15Cl2F3N2O3/c1-13-4-2-3-5-21(13)32-25(34)17-10-14(16-8-7-15(29)11-19(16)30)6-9-22(17)36-26(35)18-12-20(31)24(28)33-23(18)27/h2-12H,1H3,(H,32,34). The Labute approximate surface area is 213 Å². The van der Waals surface area contributed by atoms with Crippen LogP contribution in [0.1, 0.15) is 26.3 Å². The molecule has 0 aliphatic rings. The molecular formula is C26H15Cl2F3N2O3. The van der Waals surface area contributed by atoms with Crippen LogP contribution in [0.5, 0.6) is 5.75 Å². The molecule has 0 unspecified atom stereocenters. The summed E-state index contributed by atoms with van der Waals surface area (Å²) in [6.07, 6.45) is 0. The number of ether oxygens (including phenoxy) is 1. The lowest BCUT2D eigenvalue weighted by atomic mass is 10.0. The van der Waals surface area contributed by atoms with E-state index in [1.54, 1.807) is 31.2 Å². The zero-order valence-electron chi connectivity index (χ0n) is 18.4. The molecule has 0 fully saturated rings. The minimum atomic E-state index is -1.10. The molecule has 4 aromatic rings. The summed E-state index contributed by atoms with van der Waals surface area (Å²) in [6.45, 7) is 1.78. The van der Waals surface area contributed by atoms with Crippen LogP contribution in [-0.2, 0) is 0 Å². The highest BCUT2D eigenvalue weighted by molar-refractivity contribution is 6.34. The third-order valence-electron chi connectivity index (χ3n) is 5.17. The van der Waals surface area contributed by atoms with Gasteiger partial charge in [-0.25, -0.2) is 22.9 Å². The number of pyridine rings is 1. The van der Waals surface area contributed by atoms with E-state index in [1.165, 1.54) is 24.3 Å². The van der Waals surface area contributed by atoms with Crippen LogP contribution in [0.3, 0.4) is 0 Å². The third kappa shape index (κ3) is 5.35. The van der Waals surface area contributed by atoms with E-state index in [-0.39, 0.29) is 22.4 Å². The molecule has 0 saturated heterocycles. The third-order valence-corrected chi connectivity index (χ3v) is 5.72. The molecular weight excluding hydrogens is 516 g/mol. The highest BCUT2D eigenvalue weighted by Crippen LogP contribution is 2.31. The SMILES string of the molecule is Cc1ccccc1NC(=O)c1cc(-c2ccc(F)cc2F)ccc1OC(=O)c1cc(F)c(Cl)nc1Cl. The minimum absolute atomic E-state index is 0.0197. The molecule has 0 aliphatic carbocycles. The molecule has 0 aliphatic heterocycles. The summed E-state index contributed by atoms with van der Waals surface area (Å²) in [5, 5.41) is 1.78. The zero-order chi connectivity index (χ0) is 26.0. The molecule has 4 rings (SSSR count). The summed E-state index contributed by atoms with van der Waals surface area (Å²) in [4.78, 5) is 29.5. The number of aromatic nitrogens is 1. The molecule has 1 aromatic heterocycles. The van der Waals surface area contributed by atoms with E-state index in [1.807, 2.05) is 0 Å². The second-order valence-electron chi connectivity index (χ2n) is 7.59. The summed E-state index contributed by atoms with van der Waals surface area (Å²) in [7, 11) is 0. The second-order valence-corrected chi connectivity index (χ2v) is 8.31. The molecule has 3 aromatic carbocycles. The van der Waals surface area contributed by atoms with E-state index in [0.29, 0.717) is 11.8 Å². The van der Waals surface area contributed by atoms with Gasteiger partial charge in [0.15, 0.2) is 11.0 Å². The largest absolute Gasteiger partial charge is 0.422 e. The fourth-order valence-electron chi connectivity index (χ4n) is 3.33. The van der Waals surface area contributed by atoms with Gasteiger partial charge in [0.25, 0.3) is 5.91 Å². The second kappa shape index (κ2) is 10.4. The van der Waals surface area contributed by atoms with Gasteiger partial charge in [-0.05, 0) is 54.4 Å². The number of hydrogen-bond donors (Lipinski definition) is 1. The van der Waals surface area contributed by atoms with Crippen molar-refractivity contribution in [3.8, 4) is 16.9 Å². The molecule has 0 atom stereocenters. The van der Waals surface area contributed by atoms with Crippen LogP contribution in [0, 0.1) is 24.4 Å². The van der Waals surface area contributed by atoms with Gasteiger partial charge in [0.2, 0.25) is 0 Å². The maximum Gasteiger partial charge on any atom is 0.346 e. The Hall–Kier alpha value is -3.88. The fourth-order valence-corrected chi connectivity index (χ4v) is 3.73. The van der Waals surface area contributed by atoms with Gasteiger partial charge in [-0.1, -0.05) is 47.5 Å². The van der Waals surface area contributed by atoms with Gasteiger partial charge in [-0.15, -0.1) is 0 Å². The summed E-state index contributed by atoms with van der Waals surface area (Å²) in [5.41, 5.74) is 0.930. The van der Waals surface area contributed by atoms with E-state index in [2.05, 4.69) is 10.3 Å². The predicted octanol–water partition coefficient (Wildman–Crippen LogP) is 7.25. The maximum atomic E-state index is 14.4. The Morgan fingerprint density at radius 2 is 1.61 bits per heavy atom. The van der Waals surface area contributed by atoms with E-state index in [9.17, 15) is 22.8 Å². The van der Waals surface area contributed by atoms with Crippen molar-refractivity contribution in [1.29, 1.82) is 0 Å². The van der Waals surface area contributed by atoms with E-state index < -0.39 is 45.2 Å². The van der Waals surface area contributed by atoms with Crippen LogP contribution in [0.2, 0.25) is 10.3 Å². The number of para-hydroxylation sites is 1. The lowest BCUT2D eigenvalue weighted by Crippen LogP contribution is -2.17. The van der Waals surface area contributed by atoms with Crippen LogP contribution >= 0.6 is 23.2 Å². The number of hydrogen-bond acceptors (Lipinski definition) is 4. The Morgan fingerprint density at radius 3 is 2.33 bits per heavy atom. The molecule has 0 bridgehead atoms. The zero-order valence-corrected chi connectivity index (χ0v) is 19.9. The van der Waals surface area contributed by atoms with Crippen LogP contribution in [-0.4, -0.2) is 16.9 Å². The van der Waals surface area contributed by atoms with Crippen molar-refractivity contribution in [2.75, 3.05) is 5.32 Å². The Bertz CT molecular complexity index is 1510. The van der Waals surface area contributed by atoms with Crippen molar-refractivity contribution < 1.29 is 27.5 Å². The lowest BCUT2D eigenvalue weighted by molar-refractivity contribution is 0.0732. The highest BCUT2D eigenvalue weighted by Gasteiger charge is 2.22. The average Bonchev–Trinajstić information content (AvgIpc) is 2.83. The molecule has 0 saturated carbocycles. The van der Waals surface area contributed by atoms with Gasteiger partial charge in [0.1, 0.15) is 28.1 Å². The Kier molecular flexibility index (Phi) is 7.28. The van der Waals surface area contributed by atoms with Gasteiger partial charge >= 0.3 is 5.97 Å². The first kappa shape index (κ1) is 25.2. The van der Waals surface area contributed by atoms with E-state index in [4.69, 9.17) is 27.9 Å². The van der Waals surface area contributed by atoms with E-state index in [0.717, 1.165) is 17.7 Å². The minimum Gasteiger partial charge on any atom is -0.422 e. The lowest BCUT2D eigenvalue weighted by Gasteiger charge is -2.14. The first-order valence-electron chi connectivity index (χ1n) is 10.3. The first-order valence-corrected chi connectivity index (χ1v) is 11.1. The van der Waals surface area contributed by atoms with Crippen LogP contribution in [0.15, 0.2) is 66.7 Å². The maximum absolute atomic E-state index is 14.4. The van der Waals surface area contributed by atoms with E-state index >= 15 is 0 Å². The summed E-state index contributed by atoms with van der Waals surface area (Å²) in [6, 6.07) is 14.7. The number of carbonyl (C=O) groups excluding carboxylic acids is 2. The first-order chi connectivity index (χ1) is 17.1. The number of aryl methyl sites for hydroxylation is 1. The Morgan fingerprint density at radius 1 is 0.861 bits per heavy atom. The number of halogens is 5. The van der Waals surface area contributed by atoms with Gasteiger partial charge in [0, 0.05) is 17.3 Å². The van der Waals surface area contributed by atoms with Crippen molar-refractivity contribution in [2.45, 2.75) is 6.92 Å². The summed E-state index contributed by atoms with van der Waals surface area (Å²) in [5.74, 6) is -4.60. The summed E-state index contributed by atoms with van der Waals surface area (Å²) >= 11 is 11.5. The van der Waals surface area contributed by atoms with Gasteiger partial charge in [0.05, 0.1) is 5.56 Å². The van der Waals surface area contributed by atoms with Crippen LogP contribution < -0.4 is 10.1 Å². The number of anilines is 1. The molecule has 1 amide bonds. The highest BCUT2D eigenvalue weighted by atomic mass is 35.5. The fraction of sp³-hybridized carbons (Fsp3) is 0.0385. The number of nitrogens with zero attached hydrogens (tertiary/aromatic N) is 1. The summed E-state index contributed by atoms with van der Waals surface area (Å²) < 4.78 is 47.0. The molecule has 1 heterocycles. The van der Waals surface area contributed by atoms with Crippen molar-refractivity contribution in [3.63, 3.8) is 0 Å². The molecule has 1 N–H and O–H groups in total. The van der Waals surface area contributed by atoms with Gasteiger partial charge < -0.3 is 10.1 Å². The topological polar surface area (TPSA) is 68.3 Å². The monoisotopic (exact) mass is 530 g/mol. The van der Waals surface area contributed by atoms with Crippen molar-refractivity contribution in [1.82, 2.24) is 4.98 Å². The smallest absolute Gasteiger partial charge is 0.346 e. The van der Waals surface area contributed by atoms with Crippen LogP contribution in [0.25, 0.3) is 11.1 Å². The number of esters is 1. The number of nitrogens with one attached hydrogen (secondary N) is 1. The predicted molar refractivity (Wildman–Crippen MR) is 130 cm³/mol. The van der Waals surface area contributed by atoms with Crippen molar-refractivity contribution in [2.24, 2.45) is 0 Å². The Balaban J connectivity index is 1.76. The number of rotatable bonds is 5. The van der Waals surface area contributed by atoms with Crippen molar-refractivity contribution >= 4 is 40.8 Å².